The van der Waals surface area contributed by atoms with Gasteiger partial charge in [-0.05, 0) is 52.9 Å². The highest BCUT2D eigenvalue weighted by Gasteiger charge is 2.39. The fourth-order valence-electron chi connectivity index (χ4n) is 3.34. The maximum Gasteiger partial charge on any atom is 0.251 e. The van der Waals surface area contributed by atoms with Crippen molar-refractivity contribution in [2.75, 3.05) is 0 Å². The summed E-state index contributed by atoms with van der Waals surface area (Å²) >= 11 is 1.67. The summed E-state index contributed by atoms with van der Waals surface area (Å²) in [5, 5.41) is 13.3. The molecule has 3 nitrogen and oxygen atoms in total. The van der Waals surface area contributed by atoms with Crippen LogP contribution in [-0.4, -0.2) is 24.0 Å². The first-order chi connectivity index (χ1) is 9.29. The lowest BCUT2D eigenvalue weighted by Crippen LogP contribution is -2.42. The highest BCUT2D eigenvalue weighted by atomic mass is 32.1. The molecule has 19 heavy (non-hydrogen) atoms. The molecule has 0 spiro atoms. The van der Waals surface area contributed by atoms with Crippen LogP contribution in [0.3, 0.4) is 0 Å². The van der Waals surface area contributed by atoms with Crippen LogP contribution in [0.25, 0.3) is 10.8 Å². The average Bonchev–Trinajstić information content (AvgIpc) is 3.13. The standard InChI is InChI=1S/C15H16N2OS/c18-15(17-14-6-12-3-4-13(14)16-12)9-1-2-10-7-19-8-11(10)5-9/h1-2,5,7-8,12-14,16H,3-4,6H2,(H,17,18)/t12-,13+,14-/m1/s1. The molecule has 2 saturated heterocycles. The van der Waals surface area contributed by atoms with Gasteiger partial charge in [0.2, 0.25) is 0 Å². The van der Waals surface area contributed by atoms with Gasteiger partial charge in [0.15, 0.2) is 0 Å². The first kappa shape index (κ1) is 11.4. The van der Waals surface area contributed by atoms with Gasteiger partial charge in [-0.15, -0.1) is 0 Å². The molecule has 1 amide bonds. The van der Waals surface area contributed by atoms with Crippen LogP contribution < -0.4 is 10.6 Å². The average molecular weight is 272 g/mol. The number of carbonyl (C=O) groups is 1. The second-order valence-electron chi connectivity index (χ2n) is 5.58. The largest absolute Gasteiger partial charge is 0.348 e. The van der Waals surface area contributed by atoms with E-state index in [1.54, 1.807) is 11.3 Å². The van der Waals surface area contributed by atoms with E-state index in [0.717, 1.165) is 17.4 Å². The Labute approximate surface area is 116 Å². The lowest BCUT2D eigenvalue weighted by molar-refractivity contribution is 0.0931. The predicted molar refractivity (Wildman–Crippen MR) is 77.6 cm³/mol. The van der Waals surface area contributed by atoms with Crippen molar-refractivity contribution in [1.82, 2.24) is 10.6 Å². The topological polar surface area (TPSA) is 41.1 Å². The summed E-state index contributed by atoms with van der Waals surface area (Å²) in [5.41, 5.74) is 0.772. The Bertz CT molecular complexity index is 636. The van der Waals surface area contributed by atoms with Crippen LogP contribution in [0, 0.1) is 0 Å². The van der Waals surface area contributed by atoms with Crippen molar-refractivity contribution in [3.8, 4) is 0 Å². The van der Waals surface area contributed by atoms with Crippen LogP contribution in [0.1, 0.15) is 29.6 Å². The highest BCUT2D eigenvalue weighted by Crippen LogP contribution is 2.28. The number of fused-ring (bicyclic) bond motifs is 3. The molecule has 3 atom stereocenters. The summed E-state index contributed by atoms with van der Waals surface area (Å²) in [7, 11) is 0. The molecule has 1 aromatic heterocycles. The molecular weight excluding hydrogens is 256 g/mol. The molecule has 1 aromatic carbocycles. The van der Waals surface area contributed by atoms with Gasteiger partial charge in [-0.1, -0.05) is 6.07 Å². The molecule has 2 bridgehead atoms. The molecule has 98 valence electrons. The number of carbonyl (C=O) groups excluding carboxylic acids is 1. The Morgan fingerprint density at radius 3 is 2.95 bits per heavy atom. The van der Waals surface area contributed by atoms with Gasteiger partial charge in [0.25, 0.3) is 5.91 Å². The van der Waals surface area contributed by atoms with Gasteiger partial charge in [0.1, 0.15) is 0 Å². The summed E-state index contributed by atoms with van der Waals surface area (Å²) in [6, 6.07) is 7.35. The molecule has 0 aliphatic carbocycles. The monoisotopic (exact) mass is 272 g/mol. The number of hydrogen-bond acceptors (Lipinski definition) is 3. The summed E-state index contributed by atoms with van der Waals surface area (Å²) in [6.45, 7) is 0. The van der Waals surface area contributed by atoms with Gasteiger partial charge >= 0.3 is 0 Å². The van der Waals surface area contributed by atoms with E-state index in [9.17, 15) is 4.79 Å². The van der Waals surface area contributed by atoms with Gasteiger partial charge in [-0.3, -0.25) is 4.79 Å². The third-order valence-corrected chi connectivity index (χ3v) is 5.14. The van der Waals surface area contributed by atoms with Crippen LogP contribution in [0.5, 0.6) is 0 Å². The molecule has 2 aromatic rings. The lowest BCUT2D eigenvalue weighted by Gasteiger charge is -2.21. The Morgan fingerprint density at radius 2 is 2.16 bits per heavy atom. The first-order valence-corrected chi connectivity index (χ1v) is 7.77. The highest BCUT2D eigenvalue weighted by molar-refractivity contribution is 7.09. The molecule has 3 heterocycles. The van der Waals surface area contributed by atoms with E-state index >= 15 is 0 Å². The van der Waals surface area contributed by atoms with Gasteiger partial charge in [-0.25, -0.2) is 0 Å². The van der Waals surface area contributed by atoms with Crippen molar-refractivity contribution >= 4 is 28.0 Å². The second-order valence-corrected chi connectivity index (χ2v) is 6.32. The minimum absolute atomic E-state index is 0.0625. The Hall–Kier alpha value is -1.39. The smallest absolute Gasteiger partial charge is 0.251 e. The fraction of sp³-hybridized carbons (Fsp3) is 0.400. The van der Waals surface area contributed by atoms with Crippen molar-refractivity contribution in [2.24, 2.45) is 0 Å². The summed E-state index contributed by atoms with van der Waals surface area (Å²) in [5.74, 6) is 0.0625. The normalized spacial score (nSPS) is 28.9. The van der Waals surface area contributed by atoms with E-state index in [0.29, 0.717) is 18.1 Å². The first-order valence-electron chi connectivity index (χ1n) is 6.82. The van der Waals surface area contributed by atoms with Gasteiger partial charge in [-0.2, -0.15) is 11.3 Å². The molecule has 2 fully saturated rings. The second kappa shape index (κ2) is 4.32. The maximum absolute atomic E-state index is 12.3. The quantitative estimate of drug-likeness (QED) is 0.882. The number of hydrogen-bond donors (Lipinski definition) is 2. The predicted octanol–water partition coefficient (Wildman–Crippen LogP) is 2.52. The third-order valence-electron chi connectivity index (χ3n) is 4.36. The molecule has 2 aliphatic heterocycles. The van der Waals surface area contributed by atoms with Crippen molar-refractivity contribution in [1.29, 1.82) is 0 Å². The molecular formula is C15H16N2OS. The van der Waals surface area contributed by atoms with Gasteiger partial charge < -0.3 is 10.6 Å². The van der Waals surface area contributed by atoms with Gasteiger partial charge in [0, 0.05) is 23.7 Å². The molecule has 0 unspecified atom stereocenters. The zero-order valence-electron chi connectivity index (χ0n) is 10.6. The molecule has 0 saturated carbocycles. The number of benzene rings is 1. The number of thiophene rings is 1. The third kappa shape index (κ3) is 1.95. The van der Waals surface area contributed by atoms with Crippen LogP contribution in [0.4, 0.5) is 0 Å². The van der Waals surface area contributed by atoms with E-state index in [2.05, 4.69) is 21.4 Å². The number of nitrogens with one attached hydrogen (secondary N) is 2. The van der Waals surface area contributed by atoms with Crippen LogP contribution >= 0.6 is 11.3 Å². The Kier molecular flexibility index (Phi) is 2.60. The molecule has 2 aliphatic rings. The minimum Gasteiger partial charge on any atom is -0.348 e. The summed E-state index contributed by atoms with van der Waals surface area (Å²) in [4.78, 5) is 12.3. The van der Waals surface area contributed by atoms with E-state index in [4.69, 9.17) is 0 Å². The molecule has 4 rings (SSSR count). The Balaban J connectivity index is 1.53. The summed E-state index contributed by atoms with van der Waals surface area (Å²) in [6.07, 6.45) is 3.54. The Morgan fingerprint density at radius 1 is 1.26 bits per heavy atom. The zero-order valence-corrected chi connectivity index (χ0v) is 11.4. The van der Waals surface area contributed by atoms with Crippen molar-refractivity contribution in [2.45, 2.75) is 37.4 Å². The minimum atomic E-state index is 0.0625. The number of amides is 1. The maximum atomic E-state index is 12.3. The molecule has 4 heteroatoms. The van der Waals surface area contributed by atoms with Crippen LogP contribution in [0.2, 0.25) is 0 Å². The van der Waals surface area contributed by atoms with E-state index in [-0.39, 0.29) is 5.91 Å². The lowest BCUT2D eigenvalue weighted by atomic mass is 9.95. The van der Waals surface area contributed by atoms with E-state index < -0.39 is 0 Å². The number of rotatable bonds is 2. The SMILES string of the molecule is O=C(N[C@@H]1C[C@H]2CC[C@@H]1N2)c1ccc2cscc2c1. The molecule has 0 radical (unpaired) electrons. The van der Waals surface area contributed by atoms with Crippen molar-refractivity contribution in [3.63, 3.8) is 0 Å². The molecule has 2 N–H and O–H groups in total. The zero-order chi connectivity index (χ0) is 12.8. The fourth-order valence-corrected chi connectivity index (χ4v) is 4.12. The van der Waals surface area contributed by atoms with Crippen molar-refractivity contribution < 1.29 is 4.79 Å². The van der Waals surface area contributed by atoms with Gasteiger partial charge in [0.05, 0.1) is 0 Å². The van der Waals surface area contributed by atoms with E-state index in [1.807, 2.05) is 18.2 Å². The summed E-state index contributed by atoms with van der Waals surface area (Å²) < 4.78 is 0. The van der Waals surface area contributed by atoms with Crippen LogP contribution in [-0.2, 0) is 0 Å². The van der Waals surface area contributed by atoms with E-state index in [1.165, 1.54) is 18.2 Å². The van der Waals surface area contributed by atoms with Crippen LogP contribution in [0.15, 0.2) is 29.0 Å². The van der Waals surface area contributed by atoms with Crippen molar-refractivity contribution in [3.05, 3.63) is 34.5 Å².